The fourth-order valence-corrected chi connectivity index (χ4v) is 1.90. The Hall–Kier alpha value is -0.610. The minimum Gasteiger partial charge on any atom is -0.388 e. The summed E-state index contributed by atoms with van der Waals surface area (Å²) < 4.78 is 5.34. The molecule has 1 fully saturated rings. The van der Waals surface area contributed by atoms with Gasteiger partial charge in [-0.25, -0.2) is 0 Å². The van der Waals surface area contributed by atoms with Crippen LogP contribution >= 0.6 is 0 Å². The van der Waals surface area contributed by atoms with Crippen LogP contribution in [0.5, 0.6) is 0 Å². The van der Waals surface area contributed by atoms with Crippen LogP contribution in [0, 0.1) is 5.41 Å². The normalized spacial score (nSPS) is 23.6. The van der Waals surface area contributed by atoms with E-state index in [2.05, 4.69) is 4.90 Å². The SMILES string of the molecule is COC1CCCN(CCCC(=N)N)C1. The lowest BCUT2D eigenvalue weighted by molar-refractivity contribution is 0.0313. The number of piperidine rings is 1. The molecule has 1 rings (SSSR count). The zero-order chi connectivity index (χ0) is 10.4. The first kappa shape index (κ1) is 11.5. The third kappa shape index (κ3) is 4.07. The molecular formula is C10H21N3O. The lowest BCUT2D eigenvalue weighted by atomic mass is 10.1. The third-order valence-corrected chi connectivity index (χ3v) is 2.72. The second-order valence-corrected chi connectivity index (χ2v) is 3.93. The summed E-state index contributed by atoms with van der Waals surface area (Å²) >= 11 is 0. The standard InChI is InChI=1S/C10H21N3O/c1-14-9-4-2-6-13(8-9)7-3-5-10(11)12/h9H,2-8H2,1H3,(H3,11,12). The van der Waals surface area contributed by atoms with Crippen LogP contribution < -0.4 is 5.73 Å². The molecule has 0 bridgehead atoms. The van der Waals surface area contributed by atoms with Gasteiger partial charge in [0.1, 0.15) is 0 Å². The van der Waals surface area contributed by atoms with Crippen LogP contribution in [-0.4, -0.2) is 43.6 Å². The molecule has 4 nitrogen and oxygen atoms in total. The van der Waals surface area contributed by atoms with Crippen molar-refractivity contribution >= 4 is 5.84 Å². The highest BCUT2D eigenvalue weighted by molar-refractivity contribution is 5.76. The van der Waals surface area contributed by atoms with E-state index in [9.17, 15) is 0 Å². The van der Waals surface area contributed by atoms with Crippen molar-refractivity contribution in [1.82, 2.24) is 4.90 Å². The van der Waals surface area contributed by atoms with E-state index >= 15 is 0 Å². The van der Waals surface area contributed by atoms with Gasteiger partial charge < -0.3 is 15.4 Å². The number of nitrogens with zero attached hydrogens (tertiary/aromatic N) is 1. The molecule has 0 aromatic heterocycles. The Labute approximate surface area is 85.9 Å². The first-order valence-electron chi connectivity index (χ1n) is 5.30. The van der Waals surface area contributed by atoms with Gasteiger partial charge in [-0.05, 0) is 32.4 Å². The molecule has 0 spiro atoms. The van der Waals surface area contributed by atoms with Crippen LogP contribution in [-0.2, 0) is 4.74 Å². The summed E-state index contributed by atoms with van der Waals surface area (Å²) in [5.74, 6) is 0.297. The average Bonchev–Trinajstić information content (AvgIpc) is 2.18. The minimum absolute atomic E-state index is 0.297. The molecule has 1 heterocycles. The van der Waals surface area contributed by atoms with Crippen molar-refractivity contribution in [3.05, 3.63) is 0 Å². The Bertz CT molecular complexity index is 184. The predicted octanol–water partition coefficient (Wildman–Crippen LogP) is 0.813. The Morgan fingerprint density at radius 2 is 2.43 bits per heavy atom. The average molecular weight is 199 g/mol. The highest BCUT2D eigenvalue weighted by atomic mass is 16.5. The lowest BCUT2D eigenvalue weighted by Crippen LogP contribution is -2.39. The van der Waals surface area contributed by atoms with Crippen LogP contribution in [0.2, 0.25) is 0 Å². The topological polar surface area (TPSA) is 62.3 Å². The maximum absolute atomic E-state index is 7.12. The molecule has 1 aliphatic rings. The van der Waals surface area contributed by atoms with Crippen LogP contribution in [0.25, 0.3) is 0 Å². The van der Waals surface area contributed by atoms with Gasteiger partial charge in [0.15, 0.2) is 0 Å². The van der Waals surface area contributed by atoms with Crippen LogP contribution in [0.1, 0.15) is 25.7 Å². The van der Waals surface area contributed by atoms with E-state index < -0.39 is 0 Å². The second kappa shape index (κ2) is 5.98. The first-order chi connectivity index (χ1) is 6.72. The quantitative estimate of drug-likeness (QED) is 0.509. The molecule has 1 saturated heterocycles. The third-order valence-electron chi connectivity index (χ3n) is 2.72. The highest BCUT2D eigenvalue weighted by Crippen LogP contribution is 2.12. The zero-order valence-electron chi connectivity index (χ0n) is 8.96. The number of amidine groups is 1. The maximum atomic E-state index is 7.12. The van der Waals surface area contributed by atoms with Crippen molar-refractivity contribution in [2.24, 2.45) is 5.73 Å². The minimum atomic E-state index is 0.297. The Morgan fingerprint density at radius 3 is 3.07 bits per heavy atom. The summed E-state index contributed by atoms with van der Waals surface area (Å²) in [6.07, 6.45) is 4.51. The molecule has 0 aromatic rings. The number of hydrogen-bond donors (Lipinski definition) is 2. The van der Waals surface area contributed by atoms with Gasteiger partial charge in [-0.2, -0.15) is 0 Å². The van der Waals surface area contributed by atoms with E-state index in [0.29, 0.717) is 18.4 Å². The molecule has 14 heavy (non-hydrogen) atoms. The van der Waals surface area contributed by atoms with Crippen molar-refractivity contribution in [2.75, 3.05) is 26.7 Å². The molecule has 82 valence electrons. The monoisotopic (exact) mass is 199 g/mol. The van der Waals surface area contributed by atoms with Crippen molar-refractivity contribution in [3.63, 3.8) is 0 Å². The number of methoxy groups -OCH3 is 1. The largest absolute Gasteiger partial charge is 0.388 e. The fourth-order valence-electron chi connectivity index (χ4n) is 1.90. The van der Waals surface area contributed by atoms with E-state index in [1.54, 1.807) is 7.11 Å². The van der Waals surface area contributed by atoms with E-state index in [1.807, 2.05) is 0 Å². The van der Waals surface area contributed by atoms with E-state index in [0.717, 1.165) is 26.1 Å². The fraction of sp³-hybridized carbons (Fsp3) is 0.900. The second-order valence-electron chi connectivity index (χ2n) is 3.93. The van der Waals surface area contributed by atoms with Gasteiger partial charge in [-0.3, -0.25) is 5.41 Å². The zero-order valence-corrected chi connectivity index (χ0v) is 8.96. The molecular weight excluding hydrogens is 178 g/mol. The molecule has 3 N–H and O–H groups in total. The van der Waals surface area contributed by atoms with Crippen molar-refractivity contribution < 1.29 is 4.74 Å². The summed E-state index contributed by atoms with van der Waals surface area (Å²) in [4.78, 5) is 2.40. The van der Waals surface area contributed by atoms with E-state index in [4.69, 9.17) is 15.9 Å². The number of ether oxygens (including phenoxy) is 1. The number of hydrogen-bond acceptors (Lipinski definition) is 3. The summed E-state index contributed by atoms with van der Waals surface area (Å²) in [6.45, 7) is 3.24. The maximum Gasteiger partial charge on any atom is 0.0905 e. The molecule has 1 atom stereocenters. The molecule has 0 radical (unpaired) electrons. The van der Waals surface area contributed by atoms with Gasteiger partial charge >= 0.3 is 0 Å². The van der Waals surface area contributed by atoms with Crippen LogP contribution in [0.3, 0.4) is 0 Å². The molecule has 0 saturated carbocycles. The molecule has 1 unspecified atom stereocenters. The van der Waals surface area contributed by atoms with Crippen molar-refractivity contribution in [2.45, 2.75) is 31.8 Å². The summed E-state index contributed by atoms with van der Waals surface area (Å²) in [5, 5.41) is 7.12. The van der Waals surface area contributed by atoms with Crippen molar-refractivity contribution in [3.8, 4) is 0 Å². The van der Waals surface area contributed by atoms with E-state index in [-0.39, 0.29) is 0 Å². The van der Waals surface area contributed by atoms with Gasteiger partial charge in [0, 0.05) is 20.1 Å². The van der Waals surface area contributed by atoms with Crippen LogP contribution in [0.4, 0.5) is 0 Å². The smallest absolute Gasteiger partial charge is 0.0905 e. The number of likely N-dealkylation sites (tertiary alicyclic amines) is 1. The number of nitrogens with one attached hydrogen (secondary N) is 1. The molecule has 1 aliphatic heterocycles. The van der Waals surface area contributed by atoms with Crippen LogP contribution in [0.15, 0.2) is 0 Å². The number of nitrogens with two attached hydrogens (primary N) is 1. The van der Waals surface area contributed by atoms with E-state index in [1.165, 1.54) is 12.8 Å². The summed E-state index contributed by atoms with van der Waals surface area (Å²) in [6, 6.07) is 0. The molecule has 0 aromatic carbocycles. The Kier molecular flexibility index (Phi) is 4.90. The first-order valence-corrected chi connectivity index (χ1v) is 5.30. The molecule has 4 heteroatoms. The summed E-state index contributed by atoms with van der Waals surface area (Å²) in [5.41, 5.74) is 5.30. The molecule has 0 aliphatic carbocycles. The Morgan fingerprint density at radius 1 is 1.64 bits per heavy atom. The lowest BCUT2D eigenvalue weighted by Gasteiger charge is -2.31. The van der Waals surface area contributed by atoms with Gasteiger partial charge in [-0.15, -0.1) is 0 Å². The Balaban J connectivity index is 2.14. The summed E-state index contributed by atoms with van der Waals surface area (Å²) in [7, 11) is 1.78. The van der Waals surface area contributed by atoms with Gasteiger partial charge in [0.05, 0.1) is 11.9 Å². The van der Waals surface area contributed by atoms with Gasteiger partial charge in [-0.1, -0.05) is 0 Å². The van der Waals surface area contributed by atoms with Gasteiger partial charge in [0.2, 0.25) is 0 Å². The number of rotatable bonds is 5. The van der Waals surface area contributed by atoms with Crippen molar-refractivity contribution in [1.29, 1.82) is 5.41 Å². The van der Waals surface area contributed by atoms with Gasteiger partial charge in [0.25, 0.3) is 0 Å². The highest BCUT2D eigenvalue weighted by Gasteiger charge is 2.18. The molecule has 0 amide bonds. The predicted molar refractivity (Wildman–Crippen MR) is 57.6 cm³/mol.